The van der Waals surface area contributed by atoms with Crippen LogP contribution in [-0.4, -0.2) is 32.0 Å². The summed E-state index contributed by atoms with van der Waals surface area (Å²) in [5.41, 5.74) is 1.39. The Bertz CT molecular complexity index is 732. The van der Waals surface area contributed by atoms with E-state index >= 15 is 0 Å². The third-order valence-electron chi connectivity index (χ3n) is 3.84. The minimum absolute atomic E-state index is 0.0832. The molecule has 138 valence electrons. The van der Waals surface area contributed by atoms with Crippen molar-refractivity contribution in [2.45, 2.75) is 19.3 Å². The van der Waals surface area contributed by atoms with Gasteiger partial charge in [0.15, 0.2) is 0 Å². The fourth-order valence-electron chi connectivity index (χ4n) is 2.42. The molecule has 0 saturated heterocycles. The SMILES string of the molecule is COc1ccc(C(=O)NCCCC(=O)NCCc2cccc(F)c2)cc1. The van der Waals surface area contributed by atoms with E-state index in [1.54, 1.807) is 37.4 Å². The molecule has 0 aliphatic carbocycles. The third kappa shape index (κ3) is 6.55. The molecule has 2 aromatic rings. The number of halogens is 1. The fourth-order valence-corrected chi connectivity index (χ4v) is 2.42. The van der Waals surface area contributed by atoms with Gasteiger partial charge in [-0.15, -0.1) is 0 Å². The number of nitrogens with one attached hydrogen (secondary N) is 2. The summed E-state index contributed by atoms with van der Waals surface area (Å²) in [5.74, 6) is 0.150. The highest BCUT2D eigenvalue weighted by Crippen LogP contribution is 2.11. The van der Waals surface area contributed by atoms with Gasteiger partial charge >= 0.3 is 0 Å². The van der Waals surface area contributed by atoms with Crippen LogP contribution in [0, 0.1) is 5.82 Å². The van der Waals surface area contributed by atoms with E-state index in [1.807, 2.05) is 6.07 Å². The molecule has 0 fully saturated rings. The van der Waals surface area contributed by atoms with Crippen LogP contribution < -0.4 is 15.4 Å². The standard InChI is InChI=1S/C20H23FN2O3/c1-26-18-9-7-16(8-10-18)20(25)23-12-3-6-19(24)22-13-11-15-4-2-5-17(21)14-15/h2,4-5,7-10,14H,3,6,11-13H2,1H3,(H,22,24)(H,23,25). The number of carbonyl (C=O) groups is 2. The Kier molecular flexibility index (Phi) is 7.61. The first-order valence-electron chi connectivity index (χ1n) is 8.52. The van der Waals surface area contributed by atoms with Gasteiger partial charge in [-0.3, -0.25) is 9.59 Å². The van der Waals surface area contributed by atoms with Crippen molar-refractivity contribution < 1.29 is 18.7 Å². The molecule has 0 aromatic heterocycles. The average molecular weight is 358 g/mol. The van der Waals surface area contributed by atoms with Crippen molar-refractivity contribution in [2.75, 3.05) is 20.2 Å². The summed E-state index contributed by atoms with van der Waals surface area (Å²) in [7, 11) is 1.57. The number of hydrogen-bond acceptors (Lipinski definition) is 3. The summed E-state index contributed by atoms with van der Waals surface area (Å²) < 4.78 is 18.1. The predicted octanol–water partition coefficient (Wildman–Crippen LogP) is 2.70. The van der Waals surface area contributed by atoms with Crippen molar-refractivity contribution in [1.82, 2.24) is 10.6 Å². The van der Waals surface area contributed by atoms with E-state index in [1.165, 1.54) is 12.1 Å². The van der Waals surface area contributed by atoms with Crippen LogP contribution >= 0.6 is 0 Å². The van der Waals surface area contributed by atoms with Crippen LogP contribution in [0.2, 0.25) is 0 Å². The second kappa shape index (κ2) is 10.2. The van der Waals surface area contributed by atoms with E-state index in [9.17, 15) is 14.0 Å². The Hall–Kier alpha value is -2.89. The highest BCUT2D eigenvalue weighted by molar-refractivity contribution is 5.94. The first-order chi connectivity index (χ1) is 12.6. The zero-order chi connectivity index (χ0) is 18.8. The Morgan fingerprint density at radius 2 is 1.81 bits per heavy atom. The summed E-state index contributed by atoms with van der Waals surface area (Å²) in [5, 5.41) is 5.57. The van der Waals surface area contributed by atoms with Gasteiger partial charge in [-0.1, -0.05) is 12.1 Å². The Balaban J connectivity index is 1.59. The van der Waals surface area contributed by atoms with Gasteiger partial charge in [0, 0.05) is 25.1 Å². The van der Waals surface area contributed by atoms with E-state index < -0.39 is 0 Å². The number of ether oxygens (including phenoxy) is 1. The number of rotatable bonds is 9. The normalized spacial score (nSPS) is 10.2. The number of carbonyl (C=O) groups excluding carboxylic acids is 2. The van der Waals surface area contributed by atoms with Crippen LogP contribution in [-0.2, 0) is 11.2 Å². The molecular formula is C20H23FN2O3. The Morgan fingerprint density at radius 3 is 2.50 bits per heavy atom. The van der Waals surface area contributed by atoms with E-state index in [0.717, 1.165) is 5.56 Å². The maximum atomic E-state index is 13.1. The quantitative estimate of drug-likeness (QED) is 0.677. The van der Waals surface area contributed by atoms with Crippen molar-refractivity contribution >= 4 is 11.8 Å². The van der Waals surface area contributed by atoms with Crippen LogP contribution in [0.4, 0.5) is 4.39 Å². The molecule has 5 nitrogen and oxygen atoms in total. The number of amides is 2. The van der Waals surface area contributed by atoms with Gasteiger partial charge in [-0.2, -0.15) is 0 Å². The maximum Gasteiger partial charge on any atom is 0.251 e. The smallest absolute Gasteiger partial charge is 0.251 e. The molecule has 0 radical (unpaired) electrons. The van der Waals surface area contributed by atoms with Gasteiger partial charge in [0.25, 0.3) is 5.91 Å². The van der Waals surface area contributed by atoms with E-state index in [4.69, 9.17) is 4.74 Å². The molecule has 2 amide bonds. The fraction of sp³-hybridized carbons (Fsp3) is 0.300. The van der Waals surface area contributed by atoms with E-state index in [-0.39, 0.29) is 17.6 Å². The second-order valence-electron chi connectivity index (χ2n) is 5.82. The summed E-state index contributed by atoms with van der Waals surface area (Å²) in [6, 6.07) is 13.1. The second-order valence-corrected chi connectivity index (χ2v) is 5.82. The lowest BCUT2D eigenvalue weighted by Crippen LogP contribution is -2.28. The molecule has 0 saturated carbocycles. The van der Waals surface area contributed by atoms with Crippen LogP contribution in [0.15, 0.2) is 48.5 Å². The third-order valence-corrected chi connectivity index (χ3v) is 3.84. The van der Waals surface area contributed by atoms with E-state index in [2.05, 4.69) is 10.6 Å². The zero-order valence-electron chi connectivity index (χ0n) is 14.8. The lowest BCUT2D eigenvalue weighted by Gasteiger charge is -2.07. The Labute approximate surface area is 152 Å². The molecule has 0 aliphatic heterocycles. The molecule has 0 aliphatic rings. The van der Waals surface area contributed by atoms with Crippen LogP contribution in [0.5, 0.6) is 5.75 Å². The minimum atomic E-state index is -0.276. The highest BCUT2D eigenvalue weighted by atomic mass is 19.1. The molecule has 2 N–H and O–H groups in total. The maximum absolute atomic E-state index is 13.1. The van der Waals surface area contributed by atoms with Gasteiger partial charge in [-0.25, -0.2) is 4.39 Å². The van der Waals surface area contributed by atoms with Crippen molar-refractivity contribution in [3.8, 4) is 5.75 Å². The van der Waals surface area contributed by atoms with Crippen LogP contribution in [0.1, 0.15) is 28.8 Å². The molecule has 0 unspecified atom stereocenters. The van der Waals surface area contributed by atoms with Gasteiger partial charge in [0.1, 0.15) is 11.6 Å². The monoisotopic (exact) mass is 358 g/mol. The van der Waals surface area contributed by atoms with Crippen LogP contribution in [0.3, 0.4) is 0 Å². The molecule has 0 bridgehead atoms. The first-order valence-corrected chi connectivity index (χ1v) is 8.52. The lowest BCUT2D eigenvalue weighted by molar-refractivity contribution is -0.121. The summed E-state index contributed by atoms with van der Waals surface area (Å²) in [6.45, 7) is 0.878. The van der Waals surface area contributed by atoms with Gasteiger partial charge in [0.05, 0.1) is 7.11 Å². The number of benzene rings is 2. The lowest BCUT2D eigenvalue weighted by atomic mass is 10.1. The molecule has 0 heterocycles. The van der Waals surface area contributed by atoms with Crippen molar-refractivity contribution in [1.29, 1.82) is 0 Å². The van der Waals surface area contributed by atoms with Crippen molar-refractivity contribution in [2.24, 2.45) is 0 Å². The number of hydrogen-bond donors (Lipinski definition) is 2. The van der Waals surface area contributed by atoms with Gasteiger partial charge < -0.3 is 15.4 Å². The molecular weight excluding hydrogens is 335 g/mol. The van der Waals surface area contributed by atoms with Gasteiger partial charge in [-0.05, 0) is 54.8 Å². The van der Waals surface area contributed by atoms with Crippen LogP contribution in [0.25, 0.3) is 0 Å². The molecule has 2 rings (SSSR count). The largest absolute Gasteiger partial charge is 0.497 e. The summed E-state index contributed by atoms with van der Waals surface area (Å²) >= 11 is 0. The average Bonchev–Trinajstić information content (AvgIpc) is 2.65. The highest BCUT2D eigenvalue weighted by Gasteiger charge is 2.06. The Morgan fingerprint density at radius 1 is 1.04 bits per heavy atom. The molecule has 0 atom stereocenters. The van der Waals surface area contributed by atoms with Gasteiger partial charge in [0.2, 0.25) is 5.91 Å². The summed E-state index contributed by atoms with van der Waals surface area (Å²) in [6.07, 6.45) is 1.46. The van der Waals surface area contributed by atoms with E-state index in [0.29, 0.717) is 43.7 Å². The molecule has 26 heavy (non-hydrogen) atoms. The number of methoxy groups -OCH3 is 1. The first kappa shape index (κ1) is 19.4. The zero-order valence-corrected chi connectivity index (χ0v) is 14.8. The molecule has 0 spiro atoms. The topological polar surface area (TPSA) is 67.4 Å². The summed E-state index contributed by atoms with van der Waals surface area (Å²) in [4.78, 5) is 23.7. The molecule has 2 aromatic carbocycles. The minimum Gasteiger partial charge on any atom is -0.497 e. The van der Waals surface area contributed by atoms with Crippen molar-refractivity contribution in [3.63, 3.8) is 0 Å². The van der Waals surface area contributed by atoms with Crippen molar-refractivity contribution in [3.05, 3.63) is 65.5 Å². The predicted molar refractivity (Wildman–Crippen MR) is 97.7 cm³/mol. The molecule has 6 heteroatoms.